The summed E-state index contributed by atoms with van der Waals surface area (Å²) in [6.45, 7) is 2.31. The first-order chi connectivity index (χ1) is 13.7. The standard InChI is InChI=1S/C22H18FN3O2/c23-19-12-15(5-6-21(19)26-7-9-28-10-8-26)22(27)16(13-24)11-17-14-25-20-4-2-1-3-18(17)20/h1-6,11-12,14,25H,7-10H2/b16-11+. The number of ether oxygens (including phenoxy) is 1. The lowest BCUT2D eigenvalue weighted by molar-refractivity contribution is 0.103. The molecule has 1 N–H and O–H groups in total. The van der Waals surface area contributed by atoms with Gasteiger partial charge < -0.3 is 14.6 Å². The Labute approximate surface area is 161 Å². The average molecular weight is 375 g/mol. The molecule has 0 spiro atoms. The number of aromatic nitrogens is 1. The summed E-state index contributed by atoms with van der Waals surface area (Å²) < 4.78 is 19.9. The topological polar surface area (TPSA) is 69.1 Å². The van der Waals surface area contributed by atoms with E-state index in [4.69, 9.17) is 4.74 Å². The molecule has 1 aliphatic rings. The first kappa shape index (κ1) is 18.0. The van der Waals surface area contributed by atoms with Crippen LogP contribution in [0.5, 0.6) is 0 Å². The molecule has 0 unspecified atom stereocenters. The van der Waals surface area contributed by atoms with Crippen LogP contribution in [0.15, 0.2) is 54.2 Å². The molecule has 5 nitrogen and oxygen atoms in total. The normalized spacial score (nSPS) is 14.9. The summed E-state index contributed by atoms with van der Waals surface area (Å²) >= 11 is 0. The summed E-state index contributed by atoms with van der Waals surface area (Å²) in [5.41, 5.74) is 2.22. The second-order valence-electron chi connectivity index (χ2n) is 6.55. The van der Waals surface area contributed by atoms with Crippen molar-refractivity contribution in [2.75, 3.05) is 31.2 Å². The fourth-order valence-corrected chi connectivity index (χ4v) is 3.38. The third-order valence-electron chi connectivity index (χ3n) is 4.85. The fraction of sp³-hybridized carbons (Fsp3) is 0.182. The van der Waals surface area contributed by atoms with E-state index in [1.807, 2.05) is 35.2 Å². The predicted octanol–water partition coefficient (Wildman–Crippen LogP) is 3.93. The van der Waals surface area contributed by atoms with E-state index in [2.05, 4.69) is 4.98 Å². The van der Waals surface area contributed by atoms with E-state index in [1.165, 1.54) is 12.1 Å². The van der Waals surface area contributed by atoms with E-state index in [0.29, 0.717) is 32.0 Å². The molecule has 4 rings (SSSR count). The predicted molar refractivity (Wildman–Crippen MR) is 106 cm³/mol. The number of fused-ring (bicyclic) bond motifs is 1. The first-order valence-electron chi connectivity index (χ1n) is 9.02. The number of nitrogens with one attached hydrogen (secondary N) is 1. The number of nitrogens with zero attached hydrogens (tertiary/aromatic N) is 2. The molecule has 1 aromatic heterocycles. The minimum atomic E-state index is -0.500. The van der Waals surface area contributed by atoms with Crippen molar-refractivity contribution >= 4 is 28.4 Å². The van der Waals surface area contributed by atoms with E-state index in [9.17, 15) is 14.4 Å². The van der Waals surface area contributed by atoms with Crippen molar-refractivity contribution in [3.8, 4) is 6.07 Å². The van der Waals surface area contributed by atoms with Crippen molar-refractivity contribution in [1.82, 2.24) is 4.98 Å². The number of halogens is 1. The maximum atomic E-state index is 14.6. The van der Waals surface area contributed by atoms with E-state index in [1.54, 1.807) is 18.3 Å². The van der Waals surface area contributed by atoms with Crippen molar-refractivity contribution < 1.29 is 13.9 Å². The molecule has 1 saturated heterocycles. The Bertz CT molecular complexity index is 1100. The summed E-state index contributed by atoms with van der Waals surface area (Å²) in [4.78, 5) is 17.8. The summed E-state index contributed by atoms with van der Waals surface area (Å²) in [7, 11) is 0. The molecule has 0 amide bonds. The third kappa shape index (κ3) is 3.40. The molecule has 1 fully saturated rings. The Kier molecular flexibility index (Phi) is 4.92. The highest BCUT2D eigenvalue weighted by Crippen LogP contribution is 2.25. The van der Waals surface area contributed by atoms with Gasteiger partial charge in [-0.3, -0.25) is 4.79 Å². The molecule has 1 aliphatic heterocycles. The van der Waals surface area contributed by atoms with Crippen LogP contribution >= 0.6 is 0 Å². The molecule has 0 aliphatic carbocycles. The monoisotopic (exact) mass is 375 g/mol. The van der Waals surface area contributed by atoms with Gasteiger partial charge in [-0.2, -0.15) is 5.26 Å². The number of Topliss-reactive ketones (excluding diaryl/α,β-unsaturated/α-hetero) is 1. The number of carbonyl (C=O) groups is 1. The Balaban J connectivity index is 1.64. The summed E-state index contributed by atoms with van der Waals surface area (Å²) in [5, 5.41) is 10.4. The highest BCUT2D eigenvalue weighted by molar-refractivity contribution is 6.14. The van der Waals surface area contributed by atoms with Gasteiger partial charge in [0.2, 0.25) is 5.78 Å². The van der Waals surface area contributed by atoms with Crippen molar-refractivity contribution in [2.24, 2.45) is 0 Å². The number of morpholine rings is 1. The Hall–Kier alpha value is -3.43. The maximum absolute atomic E-state index is 14.6. The number of benzene rings is 2. The second kappa shape index (κ2) is 7.67. The number of carbonyl (C=O) groups excluding carboxylic acids is 1. The van der Waals surface area contributed by atoms with Crippen molar-refractivity contribution in [2.45, 2.75) is 0 Å². The van der Waals surface area contributed by atoms with Gasteiger partial charge in [-0.25, -0.2) is 4.39 Å². The number of H-pyrrole nitrogens is 1. The molecule has 0 atom stereocenters. The van der Waals surface area contributed by atoms with Gasteiger partial charge in [-0.15, -0.1) is 0 Å². The van der Waals surface area contributed by atoms with Crippen LogP contribution in [0.1, 0.15) is 15.9 Å². The van der Waals surface area contributed by atoms with Crippen LogP contribution in [-0.4, -0.2) is 37.1 Å². The fourth-order valence-electron chi connectivity index (χ4n) is 3.38. The van der Waals surface area contributed by atoms with Gasteiger partial charge >= 0.3 is 0 Å². The largest absolute Gasteiger partial charge is 0.378 e. The van der Waals surface area contributed by atoms with Gasteiger partial charge in [0, 0.05) is 41.3 Å². The van der Waals surface area contributed by atoms with Crippen molar-refractivity contribution in [3.63, 3.8) is 0 Å². The molecule has 28 heavy (non-hydrogen) atoms. The molecule has 0 bridgehead atoms. The van der Waals surface area contributed by atoms with Gasteiger partial charge in [0.25, 0.3) is 0 Å². The quantitative estimate of drug-likeness (QED) is 0.426. The Morgan fingerprint density at radius 1 is 1.21 bits per heavy atom. The summed E-state index contributed by atoms with van der Waals surface area (Å²) in [6, 6.07) is 13.9. The zero-order valence-electron chi connectivity index (χ0n) is 15.1. The number of anilines is 1. The second-order valence-corrected chi connectivity index (χ2v) is 6.55. The number of nitriles is 1. The number of aromatic amines is 1. The lowest BCUT2D eigenvalue weighted by Gasteiger charge is -2.29. The van der Waals surface area contributed by atoms with Gasteiger partial charge in [-0.1, -0.05) is 18.2 Å². The number of ketones is 1. The summed E-state index contributed by atoms with van der Waals surface area (Å²) in [5.74, 6) is -0.975. The van der Waals surface area contributed by atoms with Crippen LogP contribution in [0, 0.1) is 17.1 Å². The van der Waals surface area contributed by atoms with E-state index in [-0.39, 0.29) is 11.1 Å². The maximum Gasteiger partial charge on any atom is 0.203 e. The van der Waals surface area contributed by atoms with E-state index in [0.717, 1.165) is 16.5 Å². The highest BCUT2D eigenvalue weighted by Gasteiger charge is 2.19. The van der Waals surface area contributed by atoms with E-state index < -0.39 is 11.6 Å². The first-order valence-corrected chi connectivity index (χ1v) is 9.02. The van der Waals surface area contributed by atoms with Crippen LogP contribution in [0.2, 0.25) is 0 Å². The highest BCUT2D eigenvalue weighted by atomic mass is 19.1. The zero-order chi connectivity index (χ0) is 19.5. The molecular weight excluding hydrogens is 357 g/mol. The SMILES string of the molecule is N#C/C(=C\c1c[nH]c2ccccc12)C(=O)c1ccc(N2CCOCC2)c(F)c1. The summed E-state index contributed by atoms with van der Waals surface area (Å²) in [6.07, 6.45) is 3.28. The smallest absolute Gasteiger partial charge is 0.203 e. The minimum Gasteiger partial charge on any atom is -0.378 e. The van der Waals surface area contributed by atoms with Crippen LogP contribution in [0.25, 0.3) is 17.0 Å². The molecule has 6 heteroatoms. The molecule has 0 radical (unpaired) electrons. The Morgan fingerprint density at radius 2 is 2.00 bits per heavy atom. The van der Waals surface area contributed by atoms with Crippen LogP contribution in [-0.2, 0) is 4.74 Å². The molecule has 0 saturated carbocycles. The molecular formula is C22H18FN3O2. The number of rotatable bonds is 4. The van der Waals surface area contributed by atoms with Crippen molar-refractivity contribution in [3.05, 3.63) is 71.2 Å². The Morgan fingerprint density at radius 3 is 2.75 bits per heavy atom. The van der Waals surface area contributed by atoms with Gasteiger partial charge in [-0.05, 0) is 30.3 Å². The molecule has 140 valence electrons. The van der Waals surface area contributed by atoms with Gasteiger partial charge in [0.15, 0.2) is 0 Å². The van der Waals surface area contributed by atoms with Crippen LogP contribution in [0.4, 0.5) is 10.1 Å². The van der Waals surface area contributed by atoms with Crippen molar-refractivity contribution in [1.29, 1.82) is 5.26 Å². The number of hydrogen-bond donors (Lipinski definition) is 1. The number of allylic oxidation sites excluding steroid dienone is 1. The van der Waals surface area contributed by atoms with Crippen LogP contribution in [0.3, 0.4) is 0 Å². The number of hydrogen-bond acceptors (Lipinski definition) is 4. The van der Waals surface area contributed by atoms with Crippen LogP contribution < -0.4 is 4.90 Å². The number of para-hydroxylation sites is 1. The zero-order valence-corrected chi connectivity index (χ0v) is 15.1. The molecule has 2 aromatic carbocycles. The van der Waals surface area contributed by atoms with E-state index >= 15 is 0 Å². The lowest BCUT2D eigenvalue weighted by Crippen LogP contribution is -2.36. The minimum absolute atomic E-state index is 0.0386. The molecule has 2 heterocycles. The average Bonchev–Trinajstić information content (AvgIpc) is 3.15. The third-order valence-corrected chi connectivity index (χ3v) is 4.85. The lowest BCUT2D eigenvalue weighted by atomic mass is 10.0. The van der Waals surface area contributed by atoms with Gasteiger partial charge in [0.1, 0.15) is 17.5 Å². The molecule has 3 aromatic rings. The van der Waals surface area contributed by atoms with Gasteiger partial charge in [0.05, 0.1) is 18.9 Å².